The van der Waals surface area contributed by atoms with Crippen molar-refractivity contribution in [3.63, 3.8) is 0 Å². The molecule has 2 nitrogen and oxygen atoms in total. The van der Waals surface area contributed by atoms with Crippen LogP contribution >= 0.6 is 0 Å². The van der Waals surface area contributed by atoms with Gasteiger partial charge in [0.25, 0.3) is 0 Å². The smallest absolute Gasteiger partial charge is 0.115 e. The van der Waals surface area contributed by atoms with Crippen LogP contribution in [0.5, 0.6) is 5.75 Å². The van der Waals surface area contributed by atoms with E-state index in [4.69, 9.17) is 0 Å². The molecule has 0 aromatic heterocycles. The van der Waals surface area contributed by atoms with E-state index in [0.717, 1.165) is 12.5 Å². The molecule has 0 unspecified atom stereocenters. The second-order valence-corrected chi connectivity index (χ2v) is 7.25. The molecule has 0 radical (unpaired) electrons. The summed E-state index contributed by atoms with van der Waals surface area (Å²) in [7, 11) is 0. The molecule has 1 saturated carbocycles. The first-order chi connectivity index (χ1) is 10.1. The molecule has 0 heterocycles. The minimum atomic E-state index is 0.173. The maximum Gasteiger partial charge on any atom is 0.115 e. The number of rotatable bonds is 3. The van der Waals surface area contributed by atoms with E-state index in [1.165, 1.54) is 56.1 Å². The lowest BCUT2D eigenvalue weighted by atomic mass is 9.59. The van der Waals surface area contributed by atoms with E-state index in [1.54, 1.807) is 0 Å². The highest BCUT2D eigenvalue weighted by Crippen LogP contribution is 2.47. The van der Waals surface area contributed by atoms with Gasteiger partial charge in [-0.15, -0.1) is 0 Å². The molecule has 2 heteroatoms. The number of fused-ring (bicyclic) bond motifs is 4. The van der Waals surface area contributed by atoms with Gasteiger partial charge in [0.15, 0.2) is 0 Å². The van der Waals surface area contributed by atoms with Crippen molar-refractivity contribution in [2.24, 2.45) is 5.92 Å². The van der Waals surface area contributed by atoms with Gasteiger partial charge in [-0.3, -0.25) is 0 Å². The fourth-order valence-electron chi connectivity index (χ4n) is 4.69. The van der Waals surface area contributed by atoms with Gasteiger partial charge in [-0.05, 0) is 61.4 Å². The van der Waals surface area contributed by atoms with E-state index in [0.29, 0.717) is 11.8 Å². The summed E-state index contributed by atoms with van der Waals surface area (Å²) >= 11 is 0. The van der Waals surface area contributed by atoms with E-state index in [9.17, 15) is 5.11 Å². The van der Waals surface area contributed by atoms with Crippen LogP contribution in [0, 0.1) is 5.92 Å². The number of phenolic OH excluding ortho intramolecular Hbond substituents is 1. The molecule has 1 fully saturated rings. The van der Waals surface area contributed by atoms with E-state index < -0.39 is 0 Å². The van der Waals surface area contributed by atoms with Crippen LogP contribution in [0.2, 0.25) is 0 Å². The molecule has 2 aliphatic carbocycles. The Morgan fingerprint density at radius 3 is 2.95 bits per heavy atom. The maximum atomic E-state index is 9.97. The van der Waals surface area contributed by atoms with Crippen LogP contribution in [-0.2, 0) is 11.8 Å². The van der Waals surface area contributed by atoms with Crippen LogP contribution in [-0.4, -0.2) is 17.7 Å². The molecule has 2 N–H and O–H groups in total. The molecular formula is C19H29NO. The SMILES string of the molecule is CCCN[C@H]1[C@H]2CCCCC[C@]1(C)c1cc(O)ccc1C2. The van der Waals surface area contributed by atoms with Crippen LogP contribution in [0.15, 0.2) is 18.2 Å². The molecular weight excluding hydrogens is 258 g/mol. The minimum absolute atomic E-state index is 0.173. The van der Waals surface area contributed by atoms with Crippen molar-refractivity contribution in [2.75, 3.05) is 6.54 Å². The Morgan fingerprint density at radius 1 is 1.29 bits per heavy atom. The first-order valence-electron chi connectivity index (χ1n) is 8.71. The van der Waals surface area contributed by atoms with Crippen LogP contribution < -0.4 is 5.32 Å². The summed E-state index contributed by atoms with van der Waals surface area (Å²) in [5, 5.41) is 13.8. The molecule has 116 valence electrons. The molecule has 2 bridgehead atoms. The second-order valence-electron chi connectivity index (χ2n) is 7.25. The first kappa shape index (κ1) is 14.9. The average Bonchev–Trinajstić information content (AvgIpc) is 2.46. The predicted molar refractivity (Wildman–Crippen MR) is 87.8 cm³/mol. The number of nitrogens with one attached hydrogen (secondary N) is 1. The fraction of sp³-hybridized carbons (Fsp3) is 0.684. The standard InChI is InChI=1S/C19H29NO/c1-3-11-20-18-15-7-5-4-6-10-19(18,2)17-13-16(21)9-8-14(17)12-15/h8-9,13,15,18,20-21H,3-7,10-12H2,1-2H3/t15-,18-,19+/m0/s1. The monoisotopic (exact) mass is 287 g/mol. The van der Waals surface area contributed by atoms with Crippen molar-refractivity contribution in [1.82, 2.24) is 5.32 Å². The first-order valence-corrected chi connectivity index (χ1v) is 8.71. The number of hydrogen-bond acceptors (Lipinski definition) is 2. The molecule has 21 heavy (non-hydrogen) atoms. The van der Waals surface area contributed by atoms with E-state index in [2.05, 4.69) is 25.2 Å². The van der Waals surface area contributed by atoms with Crippen LogP contribution in [0.3, 0.4) is 0 Å². The molecule has 2 aliphatic rings. The number of benzene rings is 1. The largest absolute Gasteiger partial charge is 0.508 e. The van der Waals surface area contributed by atoms with Gasteiger partial charge in [0.1, 0.15) is 5.75 Å². The lowest BCUT2D eigenvalue weighted by Gasteiger charge is -2.49. The van der Waals surface area contributed by atoms with Gasteiger partial charge in [0, 0.05) is 11.5 Å². The molecule has 0 aliphatic heterocycles. The summed E-state index contributed by atoms with van der Waals surface area (Å²) < 4.78 is 0. The molecule has 1 aromatic rings. The van der Waals surface area contributed by atoms with Crippen LogP contribution in [0.25, 0.3) is 0 Å². The summed E-state index contributed by atoms with van der Waals surface area (Å²) in [6.45, 7) is 5.77. The normalized spacial score (nSPS) is 32.1. The van der Waals surface area contributed by atoms with E-state index >= 15 is 0 Å². The summed E-state index contributed by atoms with van der Waals surface area (Å²) in [6.07, 6.45) is 8.99. The Hall–Kier alpha value is -1.02. The van der Waals surface area contributed by atoms with Gasteiger partial charge >= 0.3 is 0 Å². The average molecular weight is 287 g/mol. The third kappa shape index (κ3) is 2.70. The Morgan fingerprint density at radius 2 is 2.14 bits per heavy atom. The zero-order chi connectivity index (χ0) is 14.9. The number of hydrogen-bond donors (Lipinski definition) is 2. The summed E-state index contributed by atoms with van der Waals surface area (Å²) in [5.74, 6) is 1.17. The molecule has 0 saturated heterocycles. The summed E-state index contributed by atoms with van der Waals surface area (Å²) in [5.41, 5.74) is 3.04. The van der Waals surface area contributed by atoms with Crippen molar-refractivity contribution in [1.29, 1.82) is 0 Å². The summed E-state index contributed by atoms with van der Waals surface area (Å²) in [6, 6.07) is 6.62. The van der Waals surface area contributed by atoms with Crippen molar-refractivity contribution in [3.8, 4) is 5.75 Å². The van der Waals surface area contributed by atoms with Gasteiger partial charge < -0.3 is 10.4 Å². The quantitative estimate of drug-likeness (QED) is 0.875. The Kier molecular flexibility index (Phi) is 4.26. The minimum Gasteiger partial charge on any atom is -0.508 e. The zero-order valence-corrected chi connectivity index (χ0v) is 13.5. The van der Waals surface area contributed by atoms with Crippen molar-refractivity contribution < 1.29 is 5.11 Å². The highest BCUT2D eigenvalue weighted by molar-refractivity contribution is 5.44. The molecule has 3 rings (SSSR count). The third-order valence-electron chi connectivity index (χ3n) is 5.73. The molecule has 0 spiro atoms. The van der Waals surface area contributed by atoms with Gasteiger partial charge in [0.05, 0.1) is 0 Å². The Bertz CT molecular complexity index is 498. The summed E-state index contributed by atoms with van der Waals surface area (Å²) in [4.78, 5) is 0. The fourth-order valence-corrected chi connectivity index (χ4v) is 4.69. The topological polar surface area (TPSA) is 32.3 Å². The molecule has 1 aromatic carbocycles. The van der Waals surface area contributed by atoms with Gasteiger partial charge in [-0.1, -0.05) is 39.2 Å². The lowest BCUT2D eigenvalue weighted by Crippen LogP contribution is -2.55. The van der Waals surface area contributed by atoms with Crippen molar-refractivity contribution in [2.45, 2.75) is 70.3 Å². The van der Waals surface area contributed by atoms with Crippen LogP contribution in [0.1, 0.15) is 63.5 Å². The molecule has 0 amide bonds. The van der Waals surface area contributed by atoms with Crippen LogP contribution in [0.4, 0.5) is 0 Å². The number of aromatic hydroxyl groups is 1. The third-order valence-corrected chi connectivity index (χ3v) is 5.73. The second kappa shape index (κ2) is 6.00. The Balaban J connectivity index is 2.04. The van der Waals surface area contributed by atoms with Gasteiger partial charge in [-0.25, -0.2) is 0 Å². The van der Waals surface area contributed by atoms with Crippen molar-refractivity contribution >= 4 is 0 Å². The van der Waals surface area contributed by atoms with Gasteiger partial charge in [-0.2, -0.15) is 0 Å². The maximum absolute atomic E-state index is 9.97. The van der Waals surface area contributed by atoms with E-state index in [1.807, 2.05) is 12.1 Å². The predicted octanol–water partition coefficient (Wildman–Crippen LogP) is 4.15. The van der Waals surface area contributed by atoms with Gasteiger partial charge in [0.2, 0.25) is 0 Å². The molecule has 3 atom stereocenters. The highest BCUT2D eigenvalue weighted by Gasteiger charge is 2.45. The van der Waals surface area contributed by atoms with Crippen molar-refractivity contribution in [3.05, 3.63) is 29.3 Å². The Labute approximate surface area is 129 Å². The zero-order valence-electron chi connectivity index (χ0n) is 13.5. The van der Waals surface area contributed by atoms with E-state index in [-0.39, 0.29) is 5.41 Å². The highest BCUT2D eigenvalue weighted by atomic mass is 16.3. The number of phenols is 1. The lowest BCUT2D eigenvalue weighted by molar-refractivity contribution is 0.166.